The minimum Gasteiger partial charge on any atom is -0.333 e. The second-order valence-corrected chi connectivity index (χ2v) is 8.16. The highest BCUT2D eigenvalue weighted by Gasteiger charge is 2.36. The summed E-state index contributed by atoms with van der Waals surface area (Å²) in [5.74, 6) is -0.730. The third-order valence-corrected chi connectivity index (χ3v) is 6.18. The highest BCUT2D eigenvalue weighted by molar-refractivity contribution is 7.89. The quantitative estimate of drug-likeness (QED) is 0.807. The first-order chi connectivity index (χ1) is 11.4. The third-order valence-electron chi connectivity index (χ3n) is 4.43. The Morgan fingerprint density at radius 3 is 2.88 bits per heavy atom. The van der Waals surface area contributed by atoms with E-state index >= 15 is 0 Å². The zero-order valence-electron chi connectivity index (χ0n) is 12.9. The molecule has 3 rings (SSSR count). The molecule has 2 aliphatic heterocycles. The van der Waals surface area contributed by atoms with Crippen LogP contribution in [0.2, 0.25) is 5.02 Å². The van der Waals surface area contributed by atoms with Gasteiger partial charge >= 0.3 is 0 Å². The van der Waals surface area contributed by atoms with E-state index in [1.54, 1.807) is 0 Å². The van der Waals surface area contributed by atoms with Crippen molar-refractivity contribution in [2.75, 3.05) is 6.54 Å². The van der Waals surface area contributed by atoms with Gasteiger partial charge in [-0.25, -0.2) is 17.5 Å². The van der Waals surface area contributed by atoms with Crippen LogP contribution in [0.1, 0.15) is 25.7 Å². The van der Waals surface area contributed by atoms with Crippen molar-refractivity contribution in [2.45, 2.75) is 42.7 Å². The Morgan fingerprint density at radius 1 is 1.38 bits per heavy atom. The third kappa shape index (κ3) is 3.48. The number of sulfonamides is 1. The van der Waals surface area contributed by atoms with E-state index in [1.165, 1.54) is 0 Å². The minimum atomic E-state index is -3.82. The van der Waals surface area contributed by atoms with Gasteiger partial charge in [0.15, 0.2) is 0 Å². The van der Waals surface area contributed by atoms with E-state index in [9.17, 15) is 17.6 Å². The first-order valence-electron chi connectivity index (χ1n) is 7.81. The van der Waals surface area contributed by atoms with Gasteiger partial charge in [-0.3, -0.25) is 4.79 Å². The Morgan fingerprint density at radius 2 is 2.17 bits per heavy atom. The summed E-state index contributed by atoms with van der Waals surface area (Å²) in [6.45, 7) is -0.00415. The summed E-state index contributed by atoms with van der Waals surface area (Å²) in [5, 5.41) is -0.259. The van der Waals surface area contributed by atoms with E-state index in [4.69, 9.17) is 11.6 Å². The maximum absolute atomic E-state index is 13.1. The zero-order valence-corrected chi connectivity index (χ0v) is 14.5. The number of hydrogen-bond donors (Lipinski definition) is 1. The van der Waals surface area contributed by atoms with Crippen LogP contribution in [0.3, 0.4) is 0 Å². The van der Waals surface area contributed by atoms with Crippen molar-refractivity contribution < 1.29 is 17.6 Å². The number of rotatable bonds is 5. The van der Waals surface area contributed by atoms with E-state index in [0.29, 0.717) is 0 Å². The molecule has 2 bridgehead atoms. The van der Waals surface area contributed by atoms with Gasteiger partial charge in [0.05, 0.1) is 16.0 Å². The van der Waals surface area contributed by atoms with Crippen molar-refractivity contribution >= 4 is 27.5 Å². The molecule has 1 amide bonds. The lowest BCUT2D eigenvalue weighted by Crippen LogP contribution is -2.43. The lowest BCUT2D eigenvalue weighted by atomic mass is 10.1. The molecule has 130 valence electrons. The Labute approximate surface area is 145 Å². The second-order valence-electron chi connectivity index (χ2n) is 5.99. The molecule has 0 aliphatic carbocycles. The molecule has 2 unspecified atom stereocenters. The Hall–Kier alpha value is -1.44. The number of benzene rings is 1. The maximum atomic E-state index is 13.1. The van der Waals surface area contributed by atoms with Crippen molar-refractivity contribution in [3.8, 4) is 0 Å². The molecule has 24 heavy (non-hydrogen) atoms. The molecule has 2 atom stereocenters. The van der Waals surface area contributed by atoms with Crippen LogP contribution in [0.5, 0.6) is 0 Å². The van der Waals surface area contributed by atoms with Crippen LogP contribution in [0.25, 0.3) is 0 Å². The number of halogens is 2. The van der Waals surface area contributed by atoms with Gasteiger partial charge in [-0.2, -0.15) is 0 Å². The average Bonchev–Trinajstić information content (AvgIpc) is 2.79. The summed E-state index contributed by atoms with van der Waals surface area (Å²) in [5.41, 5.74) is 0. The number of nitrogens with zero attached hydrogens (tertiary/aromatic N) is 1. The number of nitrogens with one attached hydrogen (secondary N) is 1. The van der Waals surface area contributed by atoms with Crippen LogP contribution in [-0.4, -0.2) is 37.9 Å². The van der Waals surface area contributed by atoms with Gasteiger partial charge in [0.1, 0.15) is 5.82 Å². The lowest BCUT2D eigenvalue weighted by Gasteiger charge is -2.31. The molecule has 0 spiro atoms. The van der Waals surface area contributed by atoms with Gasteiger partial charge in [0, 0.05) is 19.0 Å². The topological polar surface area (TPSA) is 66.5 Å². The SMILES string of the molecule is O=C(CCNS(=O)(=O)c1ccc(F)c(Cl)c1)N1C2C=CCC1CC2. The van der Waals surface area contributed by atoms with E-state index in [0.717, 1.165) is 37.5 Å². The average molecular weight is 373 g/mol. The van der Waals surface area contributed by atoms with E-state index in [1.807, 2.05) is 11.0 Å². The lowest BCUT2D eigenvalue weighted by molar-refractivity contribution is -0.133. The first-order valence-corrected chi connectivity index (χ1v) is 9.67. The molecule has 0 radical (unpaired) electrons. The zero-order chi connectivity index (χ0) is 17.3. The minimum absolute atomic E-state index is 0.00415. The fraction of sp³-hybridized carbons (Fsp3) is 0.438. The van der Waals surface area contributed by atoms with Crippen LogP contribution in [-0.2, 0) is 14.8 Å². The Bertz CT molecular complexity index is 782. The highest BCUT2D eigenvalue weighted by Crippen LogP contribution is 2.31. The second kappa shape index (κ2) is 6.82. The fourth-order valence-electron chi connectivity index (χ4n) is 3.26. The number of carbonyl (C=O) groups excluding carboxylic acids is 1. The predicted molar refractivity (Wildman–Crippen MR) is 88.6 cm³/mol. The number of amides is 1. The summed E-state index contributed by atoms with van der Waals surface area (Å²) >= 11 is 5.61. The summed E-state index contributed by atoms with van der Waals surface area (Å²) in [4.78, 5) is 14.1. The van der Waals surface area contributed by atoms with Crippen LogP contribution >= 0.6 is 11.6 Å². The molecule has 2 aliphatic rings. The normalized spacial score (nSPS) is 22.8. The molecule has 0 saturated carbocycles. The molecule has 2 heterocycles. The molecule has 1 aromatic carbocycles. The molecule has 1 N–H and O–H groups in total. The van der Waals surface area contributed by atoms with Crippen molar-refractivity contribution in [2.24, 2.45) is 0 Å². The number of carbonyl (C=O) groups is 1. The molecule has 0 aromatic heterocycles. The maximum Gasteiger partial charge on any atom is 0.240 e. The van der Waals surface area contributed by atoms with Gasteiger partial charge in [0.25, 0.3) is 0 Å². The largest absolute Gasteiger partial charge is 0.333 e. The highest BCUT2D eigenvalue weighted by atomic mass is 35.5. The molecular weight excluding hydrogens is 355 g/mol. The van der Waals surface area contributed by atoms with Crippen LogP contribution in [0, 0.1) is 5.82 Å². The molecule has 1 aromatic rings. The summed E-state index contributed by atoms with van der Waals surface area (Å²) in [6, 6.07) is 3.57. The first kappa shape index (κ1) is 17.4. The van der Waals surface area contributed by atoms with Crippen LogP contribution in [0.4, 0.5) is 4.39 Å². The monoisotopic (exact) mass is 372 g/mol. The van der Waals surface area contributed by atoms with Gasteiger partial charge < -0.3 is 4.90 Å². The van der Waals surface area contributed by atoms with Gasteiger partial charge in [-0.15, -0.1) is 0 Å². The summed E-state index contributed by atoms with van der Waals surface area (Å²) in [7, 11) is -3.82. The van der Waals surface area contributed by atoms with Gasteiger partial charge in [-0.1, -0.05) is 23.8 Å². The molecule has 1 saturated heterocycles. The van der Waals surface area contributed by atoms with Crippen molar-refractivity contribution in [1.82, 2.24) is 9.62 Å². The van der Waals surface area contributed by atoms with Crippen molar-refractivity contribution in [3.63, 3.8) is 0 Å². The number of fused-ring (bicyclic) bond motifs is 2. The van der Waals surface area contributed by atoms with Crippen LogP contribution < -0.4 is 4.72 Å². The molecular formula is C16H18ClFN2O3S. The van der Waals surface area contributed by atoms with Crippen molar-refractivity contribution in [3.05, 3.63) is 41.2 Å². The van der Waals surface area contributed by atoms with E-state index in [-0.39, 0.29) is 40.9 Å². The standard InChI is InChI=1S/C16H18ClFN2O3S/c17-14-10-13(6-7-15(14)18)24(22,23)19-9-8-16(21)20-11-2-1-3-12(20)5-4-11/h1-2,6-7,10-12,19H,3-5,8-9H2. The van der Waals surface area contributed by atoms with Crippen molar-refractivity contribution in [1.29, 1.82) is 0 Å². The fourth-order valence-corrected chi connectivity index (χ4v) is 4.57. The summed E-state index contributed by atoms with van der Waals surface area (Å²) < 4.78 is 39.8. The number of hydrogen-bond acceptors (Lipinski definition) is 3. The molecule has 1 fully saturated rings. The van der Waals surface area contributed by atoms with Gasteiger partial charge in [0.2, 0.25) is 15.9 Å². The van der Waals surface area contributed by atoms with E-state index in [2.05, 4.69) is 10.8 Å². The van der Waals surface area contributed by atoms with Gasteiger partial charge in [-0.05, 0) is 37.5 Å². The predicted octanol–water partition coefficient (Wildman–Crippen LogP) is 2.47. The Balaban J connectivity index is 1.58. The smallest absolute Gasteiger partial charge is 0.240 e. The van der Waals surface area contributed by atoms with Crippen LogP contribution in [0.15, 0.2) is 35.2 Å². The molecule has 5 nitrogen and oxygen atoms in total. The summed E-state index contributed by atoms with van der Waals surface area (Å²) in [6.07, 6.45) is 7.06. The van der Waals surface area contributed by atoms with E-state index < -0.39 is 15.8 Å². The molecule has 8 heteroatoms. The Kier molecular flexibility index (Phi) is 4.94.